The zero-order chi connectivity index (χ0) is 13.9. The van der Waals surface area contributed by atoms with E-state index < -0.39 is 5.76 Å². The maximum absolute atomic E-state index is 11.1. The first-order valence-electron chi connectivity index (χ1n) is 5.82. The number of rotatable bonds is 3. The van der Waals surface area contributed by atoms with Crippen molar-refractivity contribution in [3.63, 3.8) is 0 Å². The van der Waals surface area contributed by atoms with Crippen molar-refractivity contribution in [2.75, 3.05) is 5.32 Å². The Morgan fingerprint density at radius 2 is 2.25 bits per heavy atom. The topological polar surface area (TPSA) is 108 Å². The van der Waals surface area contributed by atoms with Gasteiger partial charge in [0.1, 0.15) is 23.9 Å². The summed E-state index contributed by atoms with van der Waals surface area (Å²) >= 11 is 0. The summed E-state index contributed by atoms with van der Waals surface area (Å²) < 4.78 is 4.93. The summed E-state index contributed by atoms with van der Waals surface area (Å²) in [5.74, 6) is 0.0944. The molecule has 7 heteroatoms. The molecule has 0 saturated carbocycles. The maximum Gasteiger partial charge on any atom is 0.417 e. The first-order chi connectivity index (χ1) is 9.74. The van der Waals surface area contributed by atoms with Crippen LogP contribution in [0.1, 0.15) is 11.3 Å². The molecule has 0 radical (unpaired) electrons. The molecular formula is C13H9N5O2. The van der Waals surface area contributed by atoms with Crippen LogP contribution in [0.15, 0.2) is 39.8 Å². The minimum absolute atomic E-state index is 0.303. The van der Waals surface area contributed by atoms with Crippen LogP contribution >= 0.6 is 0 Å². The van der Waals surface area contributed by atoms with Crippen LogP contribution in [0.4, 0.5) is 5.82 Å². The number of oxazole rings is 1. The molecule has 0 aliphatic heterocycles. The third kappa shape index (κ3) is 2.35. The van der Waals surface area contributed by atoms with E-state index in [0.29, 0.717) is 29.2 Å². The second kappa shape index (κ2) is 4.85. The van der Waals surface area contributed by atoms with Crippen molar-refractivity contribution in [1.29, 1.82) is 5.26 Å². The molecule has 2 N–H and O–H groups in total. The second-order valence-corrected chi connectivity index (χ2v) is 4.10. The summed E-state index contributed by atoms with van der Waals surface area (Å²) in [6, 6.07) is 8.91. The van der Waals surface area contributed by atoms with Crippen LogP contribution in [-0.2, 0) is 6.54 Å². The smallest absolute Gasteiger partial charge is 0.408 e. The number of nitrogens with zero attached hydrogens (tertiary/aromatic N) is 3. The molecule has 0 bridgehead atoms. The Hall–Kier alpha value is -3.14. The van der Waals surface area contributed by atoms with E-state index in [-0.39, 0.29) is 0 Å². The van der Waals surface area contributed by atoms with E-state index in [0.717, 1.165) is 5.56 Å². The number of hydrogen-bond acceptors (Lipinski definition) is 6. The first-order valence-corrected chi connectivity index (χ1v) is 5.82. The molecule has 0 atom stereocenters. The van der Waals surface area contributed by atoms with Gasteiger partial charge in [-0.3, -0.25) is 4.98 Å². The Bertz CT molecular complexity index is 859. The van der Waals surface area contributed by atoms with Gasteiger partial charge in [0.15, 0.2) is 5.58 Å². The highest BCUT2D eigenvalue weighted by molar-refractivity contribution is 5.72. The number of benzene rings is 1. The van der Waals surface area contributed by atoms with Crippen LogP contribution in [0.3, 0.4) is 0 Å². The molecule has 0 unspecified atom stereocenters. The predicted octanol–water partition coefficient (Wildman–Crippen LogP) is 1.39. The van der Waals surface area contributed by atoms with Gasteiger partial charge in [0, 0.05) is 12.6 Å². The Morgan fingerprint density at radius 1 is 1.35 bits per heavy atom. The van der Waals surface area contributed by atoms with Crippen molar-refractivity contribution in [2.24, 2.45) is 0 Å². The summed E-state index contributed by atoms with van der Waals surface area (Å²) in [6.45, 7) is 0.505. The van der Waals surface area contributed by atoms with Gasteiger partial charge in [-0.25, -0.2) is 14.8 Å². The van der Waals surface area contributed by atoms with Crippen molar-refractivity contribution in [3.05, 3.63) is 52.4 Å². The minimum Gasteiger partial charge on any atom is -0.408 e. The SMILES string of the molecule is N#Cc1cc(NCc2ccc3oc(=O)[nH]c3c2)ncn1. The molecule has 3 rings (SSSR count). The molecule has 2 heterocycles. The zero-order valence-corrected chi connectivity index (χ0v) is 10.3. The highest BCUT2D eigenvalue weighted by Gasteiger charge is 2.03. The molecule has 3 aromatic rings. The second-order valence-electron chi connectivity index (χ2n) is 4.10. The van der Waals surface area contributed by atoms with Gasteiger partial charge < -0.3 is 9.73 Å². The minimum atomic E-state index is -0.473. The van der Waals surface area contributed by atoms with Gasteiger partial charge in [0.25, 0.3) is 0 Å². The van der Waals surface area contributed by atoms with Crippen LogP contribution in [-0.4, -0.2) is 15.0 Å². The molecule has 20 heavy (non-hydrogen) atoms. The zero-order valence-electron chi connectivity index (χ0n) is 10.3. The number of H-pyrrole nitrogens is 1. The lowest BCUT2D eigenvalue weighted by atomic mass is 10.2. The van der Waals surface area contributed by atoms with Gasteiger partial charge in [0.05, 0.1) is 5.52 Å². The quantitative estimate of drug-likeness (QED) is 0.742. The Morgan fingerprint density at radius 3 is 3.10 bits per heavy atom. The molecular weight excluding hydrogens is 258 g/mol. The third-order valence-corrected chi connectivity index (χ3v) is 2.74. The predicted molar refractivity (Wildman–Crippen MR) is 70.9 cm³/mol. The molecule has 0 aliphatic carbocycles. The van der Waals surface area contributed by atoms with Gasteiger partial charge in [-0.05, 0) is 17.7 Å². The van der Waals surface area contributed by atoms with Gasteiger partial charge in [-0.15, -0.1) is 0 Å². The van der Waals surface area contributed by atoms with Gasteiger partial charge in [-0.1, -0.05) is 6.07 Å². The number of nitriles is 1. The lowest BCUT2D eigenvalue weighted by molar-refractivity contribution is 0.555. The fourth-order valence-electron chi connectivity index (χ4n) is 1.82. The molecule has 0 aliphatic rings. The lowest BCUT2D eigenvalue weighted by Crippen LogP contribution is -2.02. The average molecular weight is 267 g/mol. The Balaban J connectivity index is 1.79. The Labute approximate surface area is 112 Å². The van der Waals surface area contributed by atoms with Crippen LogP contribution in [0.5, 0.6) is 0 Å². The number of hydrogen-bond donors (Lipinski definition) is 2. The van der Waals surface area contributed by atoms with Gasteiger partial charge in [-0.2, -0.15) is 5.26 Å². The number of aromatic amines is 1. The van der Waals surface area contributed by atoms with Crippen molar-refractivity contribution in [2.45, 2.75) is 6.54 Å². The number of aromatic nitrogens is 3. The van der Waals surface area contributed by atoms with Crippen molar-refractivity contribution < 1.29 is 4.42 Å². The molecule has 0 amide bonds. The monoisotopic (exact) mass is 267 g/mol. The van der Waals surface area contributed by atoms with Crippen molar-refractivity contribution in [1.82, 2.24) is 15.0 Å². The van der Waals surface area contributed by atoms with E-state index >= 15 is 0 Å². The van der Waals surface area contributed by atoms with E-state index in [1.807, 2.05) is 18.2 Å². The number of anilines is 1. The molecule has 0 spiro atoms. The fraction of sp³-hybridized carbons (Fsp3) is 0.0769. The van der Waals surface area contributed by atoms with Crippen LogP contribution in [0.25, 0.3) is 11.1 Å². The normalized spacial score (nSPS) is 10.3. The fourth-order valence-corrected chi connectivity index (χ4v) is 1.82. The van der Waals surface area contributed by atoms with Gasteiger partial charge >= 0.3 is 5.76 Å². The van der Waals surface area contributed by atoms with E-state index in [2.05, 4.69) is 20.3 Å². The summed E-state index contributed by atoms with van der Waals surface area (Å²) in [4.78, 5) is 21.5. The first kappa shape index (κ1) is 11.9. The summed E-state index contributed by atoms with van der Waals surface area (Å²) in [5, 5.41) is 11.8. The molecule has 1 aromatic carbocycles. The third-order valence-electron chi connectivity index (χ3n) is 2.74. The lowest BCUT2D eigenvalue weighted by Gasteiger charge is -2.05. The molecule has 98 valence electrons. The molecule has 0 fully saturated rings. The van der Waals surface area contributed by atoms with Gasteiger partial charge in [0.2, 0.25) is 0 Å². The molecule has 7 nitrogen and oxygen atoms in total. The number of nitrogens with one attached hydrogen (secondary N) is 2. The summed E-state index contributed by atoms with van der Waals surface area (Å²) in [7, 11) is 0. The van der Waals surface area contributed by atoms with Crippen molar-refractivity contribution in [3.8, 4) is 6.07 Å². The van der Waals surface area contributed by atoms with Crippen LogP contribution in [0, 0.1) is 11.3 Å². The van der Waals surface area contributed by atoms with Crippen LogP contribution in [0.2, 0.25) is 0 Å². The standard InChI is InChI=1S/C13H9N5O2/c14-5-9-4-12(17-7-16-9)15-6-8-1-2-11-10(3-8)18-13(19)20-11/h1-4,7H,6H2,(H,18,19)(H,15,16,17). The number of fused-ring (bicyclic) bond motifs is 1. The summed E-state index contributed by atoms with van der Waals surface area (Å²) in [5.41, 5.74) is 2.42. The van der Waals surface area contributed by atoms with E-state index in [9.17, 15) is 4.79 Å². The van der Waals surface area contributed by atoms with E-state index in [1.54, 1.807) is 12.1 Å². The van der Waals surface area contributed by atoms with Crippen molar-refractivity contribution >= 4 is 16.9 Å². The average Bonchev–Trinajstić information content (AvgIpc) is 2.84. The largest absolute Gasteiger partial charge is 0.417 e. The molecule has 0 saturated heterocycles. The highest BCUT2D eigenvalue weighted by Crippen LogP contribution is 2.13. The van der Waals surface area contributed by atoms with E-state index in [4.69, 9.17) is 9.68 Å². The summed E-state index contributed by atoms with van der Waals surface area (Å²) in [6.07, 6.45) is 1.33. The molecule has 2 aromatic heterocycles. The van der Waals surface area contributed by atoms with E-state index in [1.165, 1.54) is 6.33 Å². The highest BCUT2D eigenvalue weighted by atomic mass is 16.4. The maximum atomic E-state index is 11.1. The van der Waals surface area contributed by atoms with Crippen LogP contribution < -0.4 is 11.1 Å². The Kier molecular flexibility index (Phi) is 2.89.